The summed E-state index contributed by atoms with van der Waals surface area (Å²) in [5.41, 5.74) is 2.59. The van der Waals surface area contributed by atoms with Crippen LogP contribution in [-0.4, -0.2) is 16.8 Å². The summed E-state index contributed by atoms with van der Waals surface area (Å²) in [6.45, 7) is 1.69. The quantitative estimate of drug-likeness (QED) is 0.474. The average molecular weight is 238 g/mol. The van der Waals surface area contributed by atoms with E-state index in [1.807, 2.05) is 0 Å². The smallest absolute Gasteiger partial charge is 0.105 e. The van der Waals surface area contributed by atoms with Crippen molar-refractivity contribution in [2.24, 2.45) is 0 Å². The Balaban J connectivity index is 1.98. The van der Waals surface area contributed by atoms with E-state index in [1.165, 1.54) is 11.1 Å². The molecule has 0 fully saturated rings. The number of aliphatic hydroxyl groups is 1. The van der Waals surface area contributed by atoms with Crippen molar-refractivity contribution >= 4 is 12.6 Å². The van der Waals surface area contributed by atoms with Crippen LogP contribution in [0, 0.1) is 0 Å². The Hall–Kier alpha value is -0.550. The Morgan fingerprint density at radius 2 is 2.19 bits per heavy atom. The van der Waals surface area contributed by atoms with Crippen LogP contribution in [0.1, 0.15) is 30.5 Å². The number of rotatable bonds is 4. The minimum absolute atomic E-state index is 0.184. The van der Waals surface area contributed by atoms with Gasteiger partial charge >= 0.3 is 0 Å². The predicted molar refractivity (Wildman–Crippen MR) is 68.2 cm³/mol. The number of aliphatic hydroxyl groups excluding tert-OH is 1. The van der Waals surface area contributed by atoms with E-state index >= 15 is 0 Å². The summed E-state index contributed by atoms with van der Waals surface area (Å²) in [6, 6.07) is 8.81. The third kappa shape index (κ3) is 2.77. The molecular weight excluding hydrogens is 220 g/mol. The molecule has 1 aromatic rings. The van der Waals surface area contributed by atoms with E-state index in [9.17, 15) is 5.11 Å². The second-order valence-electron chi connectivity index (χ2n) is 4.20. The van der Waals surface area contributed by atoms with E-state index in [0.29, 0.717) is 6.04 Å². The molecule has 0 bridgehead atoms. The molecule has 0 saturated carbocycles. The zero-order valence-corrected chi connectivity index (χ0v) is 10.2. The molecule has 0 radical (unpaired) electrons. The van der Waals surface area contributed by atoms with Crippen molar-refractivity contribution in [1.29, 1.82) is 0 Å². The van der Waals surface area contributed by atoms with Gasteiger partial charge in [-0.25, -0.2) is 0 Å². The van der Waals surface area contributed by atoms with Crippen LogP contribution in [-0.2, 0) is 6.42 Å². The molecule has 0 saturated heterocycles. The second kappa shape index (κ2) is 5.19. The van der Waals surface area contributed by atoms with Crippen LogP contribution in [0.15, 0.2) is 24.3 Å². The lowest BCUT2D eigenvalue weighted by molar-refractivity contribution is 0.146. The molecule has 0 spiro atoms. The summed E-state index contributed by atoms with van der Waals surface area (Å²) >= 11 is 4.35. The van der Waals surface area contributed by atoms with Crippen LogP contribution >= 0.6 is 12.6 Å². The van der Waals surface area contributed by atoms with Crippen molar-refractivity contribution in [3.63, 3.8) is 0 Å². The Morgan fingerprint density at radius 3 is 2.94 bits per heavy atom. The maximum atomic E-state index is 9.19. The van der Waals surface area contributed by atoms with Gasteiger partial charge in [0.25, 0.3) is 0 Å². The number of benzene rings is 1. The predicted octanol–water partition coefficient (Wildman–Crippen LogP) is 1.40. The number of hydrogen-bond acceptors (Lipinski definition) is 4. The molecule has 1 aliphatic carbocycles. The molecule has 3 nitrogen and oxygen atoms in total. The topological polar surface area (TPSA) is 44.3 Å². The number of hydrogen-bond donors (Lipinski definition) is 4. The molecular formula is C12H18N2OS. The number of nitrogens with one attached hydrogen (secondary N) is 2. The molecule has 1 aliphatic rings. The SMILES string of the molecule is CC(O)NC(S)NC1CCc2ccccc21. The molecule has 88 valence electrons. The van der Waals surface area contributed by atoms with Crippen LogP contribution in [0.25, 0.3) is 0 Å². The van der Waals surface area contributed by atoms with Gasteiger partial charge in [-0.15, -0.1) is 12.6 Å². The van der Waals surface area contributed by atoms with E-state index in [4.69, 9.17) is 0 Å². The fourth-order valence-corrected chi connectivity index (χ4v) is 2.59. The first kappa shape index (κ1) is 11.9. The van der Waals surface area contributed by atoms with Crippen molar-refractivity contribution in [1.82, 2.24) is 10.6 Å². The summed E-state index contributed by atoms with van der Waals surface area (Å²) in [4.78, 5) is 0. The Kier molecular flexibility index (Phi) is 3.86. The molecule has 0 aromatic heterocycles. The minimum Gasteiger partial charge on any atom is -0.379 e. The highest BCUT2D eigenvalue weighted by Crippen LogP contribution is 2.30. The largest absolute Gasteiger partial charge is 0.379 e. The number of thiol groups is 1. The zero-order valence-electron chi connectivity index (χ0n) is 9.35. The summed E-state index contributed by atoms with van der Waals surface area (Å²) in [7, 11) is 0. The van der Waals surface area contributed by atoms with E-state index < -0.39 is 6.23 Å². The highest BCUT2D eigenvalue weighted by atomic mass is 32.1. The van der Waals surface area contributed by atoms with Gasteiger partial charge in [-0.2, -0.15) is 0 Å². The van der Waals surface area contributed by atoms with E-state index in [0.717, 1.165) is 12.8 Å². The second-order valence-corrected chi connectivity index (χ2v) is 4.72. The van der Waals surface area contributed by atoms with Crippen LogP contribution in [0.4, 0.5) is 0 Å². The lowest BCUT2D eigenvalue weighted by atomic mass is 10.1. The standard InChI is InChI=1S/C12H18N2OS/c1-8(15)13-12(16)14-11-7-6-9-4-2-3-5-10(9)11/h2-5,8,11-16H,6-7H2,1H3. The van der Waals surface area contributed by atoms with Gasteiger partial charge in [0.05, 0.1) is 0 Å². The van der Waals surface area contributed by atoms with E-state index in [1.54, 1.807) is 6.92 Å². The van der Waals surface area contributed by atoms with Gasteiger partial charge in [0.15, 0.2) is 0 Å². The highest BCUT2D eigenvalue weighted by Gasteiger charge is 2.23. The Morgan fingerprint density at radius 1 is 1.44 bits per heavy atom. The lowest BCUT2D eigenvalue weighted by Crippen LogP contribution is -2.43. The summed E-state index contributed by atoms with van der Waals surface area (Å²) in [5.74, 6) is 0. The molecule has 0 amide bonds. The highest BCUT2D eigenvalue weighted by molar-refractivity contribution is 7.80. The number of fused-ring (bicyclic) bond motifs is 1. The molecule has 1 aromatic carbocycles. The van der Waals surface area contributed by atoms with Crippen LogP contribution in [0.2, 0.25) is 0 Å². The summed E-state index contributed by atoms with van der Waals surface area (Å²) in [6.07, 6.45) is 1.66. The van der Waals surface area contributed by atoms with Gasteiger partial charge in [-0.3, -0.25) is 10.6 Å². The van der Waals surface area contributed by atoms with Crippen LogP contribution < -0.4 is 10.6 Å². The van der Waals surface area contributed by atoms with Gasteiger partial charge in [0, 0.05) is 6.04 Å². The molecule has 3 atom stereocenters. The zero-order chi connectivity index (χ0) is 11.5. The molecule has 0 aliphatic heterocycles. The molecule has 16 heavy (non-hydrogen) atoms. The van der Waals surface area contributed by atoms with Gasteiger partial charge in [-0.05, 0) is 30.9 Å². The Bertz CT molecular complexity index is 357. The van der Waals surface area contributed by atoms with Gasteiger partial charge in [-0.1, -0.05) is 24.3 Å². The van der Waals surface area contributed by atoms with Gasteiger partial charge in [0.1, 0.15) is 11.7 Å². The first-order chi connectivity index (χ1) is 7.66. The fraction of sp³-hybridized carbons (Fsp3) is 0.500. The normalized spacial score (nSPS) is 22.8. The number of aryl methyl sites for hydroxylation is 1. The molecule has 3 unspecified atom stereocenters. The molecule has 0 heterocycles. The first-order valence-corrected chi connectivity index (χ1v) is 6.14. The minimum atomic E-state index is -0.549. The van der Waals surface area contributed by atoms with Gasteiger partial charge < -0.3 is 5.11 Å². The summed E-state index contributed by atoms with van der Waals surface area (Å²) in [5, 5.41) is 15.5. The van der Waals surface area contributed by atoms with Crippen molar-refractivity contribution < 1.29 is 5.11 Å². The van der Waals surface area contributed by atoms with Crippen molar-refractivity contribution in [2.45, 2.75) is 37.5 Å². The summed E-state index contributed by atoms with van der Waals surface area (Å²) < 4.78 is 0. The Labute approximate surface area is 102 Å². The third-order valence-electron chi connectivity index (χ3n) is 2.89. The molecule has 2 rings (SSSR count). The van der Waals surface area contributed by atoms with Crippen molar-refractivity contribution in [3.8, 4) is 0 Å². The lowest BCUT2D eigenvalue weighted by Gasteiger charge is -2.22. The van der Waals surface area contributed by atoms with Crippen molar-refractivity contribution in [3.05, 3.63) is 35.4 Å². The maximum absolute atomic E-state index is 9.19. The first-order valence-electron chi connectivity index (χ1n) is 5.63. The van der Waals surface area contributed by atoms with Crippen LogP contribution in [0.3, 0.4) is 0 Å². The average Bonchev–Trinajstić information content (AvgIpc) is 2.61. The van der Waals surface area contributed by atoms with E-state index in [2.05, 4.69) is 47.5 Å². The molecule has 4 heteroatoms. The van der Waals surface area contributed by atoms with Crippen molar-refractivity contribution in [2.75, 3.05) is 0 Å². The monoisotopic (exact) mass is 238 g/mol. The van der Waals surface area contributed by atoms with E-state index in [-0.39, 0.29) is 5.50 Å². The maximum Gasteiger partial charge on any atom is 0.105 e. The van der Waals surface area contributed by atoms with Gasteiger partial charge in [0.2, 0.25) is 0 Å². The fourth-order valence-electron chi connectivity index (χ4n) is 2.20. The van der Waals surface area contributed by atoms with Crippen LogP contribution in [0.5, 0.6) is 0 Å². The molecule has 3 N–H and O–H groups in total. The third-order valence-corrected chi connectivity index (χ3v) is 3.19.